The van der Waals surface area contributed by atoms with E-state index in [0.29, 0.717) is 0 Å². The molecule has 1 unspecified atom stereocenters. The fourth-order valence-corrected chi connectivity index (χ4v) is 0.721. The van der Waals surface area contributed by atoms with Crippen LogP contribution in [0.4, 0.5) is 0 Å². The molecular formula is C6H9CeN3O2. The molecule has 0 amide bonds. The predicted octanol–water partition coefficient (Wildman–Crippen LogP) is -0.636. The van der Waals surface area contributed by atoms with Crippen LogP contribution in [0.3, 0.4) is 0 Å². The quantitative estimate of drug-likeness (QED) is 0.692. The van der Waals surface area contributed by atoms with Crippen molar-refractivity contribution in [2.24, 2.45) is 5.73 Å². The van der Waals surface area contributed by atoms with E-state index in [1.54, 1.807) is 6.20 Å². The third-order valence-electron chi connectivity index (χ3n) is 1.31. The smallest absolute Gasteiger partial charge is 0.320 e. The number of aromatic amines is 1. The molecule has 0 aliphatic heterocycles. The summed E-state index contributed by atoms with van der Waals surface area (Å²) in [6.07, 6.45) is 3.34. The van der Waals surface area contributed by atoms with Gasteiger partial charge in [0.05, 0.1) is 6.33 Å². The minimum absolute atomic E-state index is 0. The second-order valence-corrected chi connectivity index (χ2v) is 2.23. The van der Waals surface area contributed by atoms with E-state index in [-0.39, 0.29) is 48.2 Å². The molecule has 1 rings (SSSR count). The van der Waals surface area contributed by atoms with Gasteiger partial charge in [-0.15, -0.1) is 0 Å². The molecule has 12 heavy (non-hydrogen) atoms. The Labute approximate surface area is 103 Å². The van der Waals surface area contributed by atoms with Gasteiger partial charge in [-0.25, -0.2) is 4.98 Å². The van der Waals surface area contributed by atoms with Gasteiger partial charge in [-0.05, 0) is 0 Å². The summed E-state index contributed by atoms with van der Waals surface area (Å²) < 4.78 is 0. The maximum Gasteiger partial charge on any atom is 0.320 e. The van der Waals surface area contributed by atoms with Gasteiger partial charge in [-0.1, -0.05) is 0 Å². The number of aromatic nitrogens is 2. The molecule has 0 radical (unpaired) electrons. The number of hydrogen-bond donors (Lipinski definition) is 3. The number of imidazole rings is 1. The van der Waals surface area contributed by atoms with Crippen molar-refractivity contribution < 1.29 is 51.6 Å². The molecule has 0 saturated carbocycles. The van der Waals surface area contributed by atoms with E-state index >= 15 is 0 Å². The molecular weight excluding hydrogens is 286 g/mol. The zero-order valence-electron chi connectivity index (χ0n) is 6.32. The Morgan fingerprint density at radius 1 is 1.83 bits per heavy atom. The summed E-state index contributed by atoms with van der Waals surface area (Å²) in [6.45, 7) is 0. The number of carboxylic acids is 1. The average Bonchev–Trinajstić information content (AvgIpc) is 2.39. The fraction of sp³-hybridized carbons (Fsp3) is 0.333. The van der Waals surface area contributed by atoms with Gasteiger partial charge in [0.2, 0.25) is 0 Å². The van der Waals surface area contributed by atoms with Crippen molar-refractivity contribution in [3.8, 4) is 0 Å². The summed E-state index contributed by atoms with van der Waals surface area (Å²) in [5.74, 6) is -1.00. The number of rotatable bonds is 3. The van der Waals surface area contributed by atoms with Crippen molar-refractivity contribution >= 4 is 5.97 Å². The third-order valence-corrected chi connectivity index (χ3v) is 1.31. The molecule has 1 aromatic heterocycles. The van der Waals surface area contributed by atoms with Crippen molar-refractivity contribution in [3.63, 3.8) is 0 Å². The maximum absolute atomic E-state index is 10.3. The average molecular weight is 295 g/mol. The number of nitrogens with one attached hydrogen (secondary N) is 1. The van der Waals surface area contributed by atoms with E-state index in [1.165, 1.54) is 6.33 Å². The van der Waals surface area contributed by atoms with E-state index in [0.717, 1.165) is 5.69 Å². The molecule has 0 saturated heterocycles. The second kappa shape index (κ2) is 5.63. The van der Waals surface area contributed by atoms with Crippen molar-refractivity contribution in [1.82, 2.24) is 9.97 Å². The monoisotopic (exact) mass is 295 g/mol. The van der Waals surface area contributed by atoms with Crippen LogP contribution in [0.25, 0.3) is 0 Å². The Balaban J connectivity index is 0.00000121. The van der Waals surface area contributed by atoms with Crippen LogP contribution < -0.4 is 5.73 Å². The van der Waals surface area contributed by atoms with E-state index < -0.39 is 12.0 Å². The first-order valence-corrected chi connectivity index (χ1v) is 3.16. The van der Waals surface area contributed by atoms with Crippen molar-refractivity contribution in [2.45, 2.75) is 12.5 Å². The standard InChI is InChI=1S/C6H9N3O2.Ce/c7-5(6(10)11)1-4-2-8-3-9-4;/h2-3,5H,1,7H2,(H,8,9)(H,10,11);. The number of H-pyrrole nitrogens is 1. The van der Waals surface area contributed by atoms with Gasteiger partial charge < -0.3 is 15.8 Å². The van der Waals surface area contributed by atoms with E-state index in [4.69, 9.17) is 10.8 Å². The van der Waals surface area contributed by atoms with Crippen LogP contribution in [0.15, 0.2) is 12.5 Å². The van der Waals surface area contributed by atoms with Crippen LogP contribution in [-0.2, 0) is 11.2 Å². The molecule has 64 valence electrons. The van der Waals surface area contributed by atoms with Crippen LogP contribution in [-0.4, -0.2) is 27.1 Å². The normalized spacial score (nSPS) is 11.8. The summed E-state index contributed by atoms with van der Waals surface area (Å²) >= 11 is 0. The zero-order chi connectivity index (χ0) is 8.27. The first kappa shape index (κ1) is 12.0. The molecule has 0 fully saturated rings. The topological polar surface area (TPSA) is 92.0 Å². The Bertz CT molecular complexity index is 237. The minimum atomic E-state index is -1.00. The minimum Gasteiger partial charge on any atom is -0.480 e. The number of carbonyl (C=O) groups is 1. The van der Waals surface area contributed by atoms with Crippen molar-refractivity contribution in [1.29, 1.82) is 0 Å². The van der Waals surface area contributed by atoms with Crippen molar-refractivity contribution in [3.05, 3.63) is 18.2 Å². The number of nitrogens with zero attached hydrogens (tertiary/aromatic N) is 1. The maximum atomic E-state index is 10.3. The number of aliphatic carboxylic acids is 1. The molecule has 0 bridgehead atoms. The van der Waals surface area contributed by atoms with Gasteiger partial charge in [-0.3, -0.25) is 4.79 Å². The molecule has 5 nitrogen and oxygen atoms in total. The van der Waals surface area contributed by atoms with Crippen LogP contribution in [0.5, 0.6) is 0 Å². The fourth-order valence-electron chi connectivity index (χ4n) is 0.721. The SMILES string of the molecule is NC(Cc1cnc[nH]1)C(=O)O.[Ce]. The summed E-state index contributed by atoms with van der Waals surface area (Å²) in [6, 6.07) is -0.851. The first-order valence-electron chi connectivity index (χ1n) is 3.16. The van der Waals surface area contributed by atoms with E-state index in [9.17, 15) is 4.79 Å². The van der Waals surface area contributed by atoms with E-state index in [2.05, 4.69) is 9.97 Å². The summed E-state index contributed by atoms with van der Waals surface area (Å²) in [7, 11) is 0. The zero-order valence-corrected chi connectivity index (χ0v) is 9.46. The summed E-state index contributed by atoms with van der Waals surface area (Å²) in [5.41, 5.74) is 6.00. The molecule has 4 N–H and O–H groups in total. The van der Waals surface area contributed by atoms with Crippen LogP contribution >= 0.6 is 0 Å². The third kappa shape index (κ3) is 3.61. The van der Waals surface area contributed by atoms with Gasteiger partial charge in [0, 0.05) is 60.1 Å². The largest absolute Gasteiger partial charge is 0.480 e. The molecule has 6 heteroatoms. The number of hydrogen-bond acceptors (Lipinski definition) is 3. The van der Waals surface area contributed by atoms with Gasteiger partial charge in [0.25, 0.3) is 0 Å². The first-order chi connectivity index (χ1) is 5.20. The molecule has 0 aliphatic carbocycles. The Morgan fingerprint density at radius 2 is 2.50 bits per heavy atom. The Kier molecular flexibility index (Phi) is 5.63. The summed E-state index contributed by atoms with van der Waals surface area (Å²) in [4.78, 5) is 16.8. The molecule has 1 atom stereocenters. The molecule has 1 aromatic rings. The second-order valence-electron chi connectivity index (χ2n) is 2.23. The van der Waals surface area contributed by atoms with Crippen LogP contribution in [0.2, 0.25) is 0 Å². The van der Waals surface area contributed by atoms with Crippen LogP contribution in [0.1, 0.15) is 5.69 Å². The van der Waals surface area contributed by atoms with E-state index in [1.807, 2.05) is 0 Å². The summed E-state index contributed by atoms with van der Waals surface area (Å²) in [5, 5.41) is 8.42. The van der Waals surface area contributed by atoms with Gasteiger partial charge in [-0.2, -0.15) is 0 Å². The Morgan fingerprint density at radius 3 is 2.92 bits per heavy atom. The Hall–Kier alpha value is 0.0166. The molecule has 0 aromatic carbocycles. The number of carboxylic acid groups (broad SMARTS) is 1. The van der Waals surface area contributed by atoms with Crippen LogP contribution in [0, 0.1) is 41.7 Å². The van der Waals surface area contributed by atoms with Gasteiger partial charge >= 0.3 is 5.97 Å². The van der Waals surface area contributed by atoms with Crippen molar-refractivity contribution in [2.75, 3.05) is 0 Å². The number of nitrogens with two attached hydrogens (primary N) is 1. The van der Waals surface area contributed by atoms with Gasteiger partial charge in [0.15, 0.2) is 0 Å². The molecule has 0 spiro atoms. The van der Waals surface area contributed by atoms with Gasteiger partial charge in [0.1, 0.15) is 6.04 Å². The molecule has 0 aliphatic rings. The molecule has 1 heterocycles. The predicted molar refractivity (Wildman–Crippen MR) is 37.9 cm³/mol.